The standard InChI is InChI=1S/C13H10ClFO/c14-11-5-3-4-10(8-11)12-6-1-2-7-13(12)16-9-15/h1-8H,9H2. The number of benzene rings is 2. The van der Waals surface area contributed by atoms with Gasteiger partial charge in [0.2, 0.25) is 6.86 Å². The number of rotatable bonds is 3. The number of hydrogen-bond donors (Lipinski definition) is 0. The van der Waals surface area contributed by atoms with E-state index < -0.39 is 6.86 Å². The zero-order chi connectivity index (χ0) is 11.4. The van der Waals surface area contributed by atoms with Gasteiger partial charge in [-0.2, -0.15) is 0 Å². The number of alkyl halides is 1. The second kappa shape index (κ2) is 4.99. The summed E-state index contributed by atoms with van der Waals surface area (Å²) >= 11 is 5.91. The average molecular weight is 237 g/mol. The molecule has 2 aromatic rings. The monoisotopic (exact) mass is 236 g/mol. The van der Waals surface area contributed by atoms with Crippen molar-refractivity contribution < 1.29 is 9.13 Å². The van der Waals surface area contributed by atoms with Crippen LogP contribution in [0.5, 0.6) is 5.75 Å². The molecule has 0 heterocycles. The summed E-state index contributed by atoms with van der Waals surface area (Å²) in [4.78, 5) is 0. The SMILES string of the molecule is FCOc1ccccc1-c1cccc(Cl)c1. The van der Waals surface area contributed by atoms with E-state index in [1.54, 1.807) is 18.2 Å². The molecular weight excluding hydrogens is 227 g/mol. The summed E-state index contributed by atoms with van der Waals surface area (Å²) in [5.74, 6) is 0.521. The van der Waals surface area contributed by atoms with Gasteiger partial charge in [0.15, 0.2) is 0 Å². The van der Waals surface area contributed by atoms with Crippen LogP contribution in [0.4, 0.5) is 4.39 Å². The van der Waals surface area contributed by atoms with Crippen molar-refractivity contribution >= 4 is 11.6 Å². The maximum absolute atomic E-state index is 12.2. The fraction of sp³-hybridized carbons (Fsp3) is 0.0769. The van der Waals surface area contributed by atoms with E-state index in [-0.39, 0.29) is 0 Å². The predicted octanol–water partition coefficient (Wildman–Crippen LogP) is 4.31. The lowest BCUT2D eigenvalue weighted by Crippen LogP contribution is -1.92. The maximum atomic E-state index is 12.2. The Hall–Kier alpha value is -1.54. The molecule has 0 aliphatic carbocycles. The molecule has 1 nitrogen and oxygen atoms in total. The Morgan fingerprint density at radius 1 is 1.06 bits per heavy atom. The van der Waals surface area contributed by atoms with Gasteiger partial charge in [-0.3, -0.25) is 0 Å². The highest BCUT2D eigenvalue weighted by Crippen LogP contribution is 2.31. The minimum Gasteiger partial charge on any atom is -0.462 e. The van der Waals surface area contributed by atoms with Crippen molar-refractivity contribution in [3.63, 3.8) is 0 Å². The predicted molar refractivity (Wildman–Crippen MR) is 63.5 cm³/mol. The van der Waals surface area contributed by atoms with Crippen LogP contribution in [-0.2, 0) is 0 Å². The van der Waals surface area contributed by atoms with Crippen molar-refractivity contribution in [3.05, 3.63) is 53.6 Å². The third-order valence-electron chi connectivity index (χ3n) is 2.23. The van der Waals surface area contributed by atoms with E-state index in [1.165, 1.54) is 0 Å². The largest absolute Gasteiger partial charge is 0.462 e. The van der Waals surface area contributed by atoms with Crippen molar-refractivity contribution in [2.75, 3.05) is 6.86 Å². The topological polar surface area (TPSA) is 9.23 Å². The molecule has 0 N–H and O–H groups in total. The molecule has 0 spiro atoms. The van der Waals surface area contributed by atoms with Crippen molar-refractivity contribution in [2.45, 2.75) is 0 Å². The van der Waals surface area contributed by atoms with Crippen LogP contribution in [0, 0.1) is 0 Å². The average Bonchev–Trinajstić information content (AvgIpc) is 2.30. The van der Waals surface area contributed by atoms with Gasteiger partial charge in [0.05, 0.1) is 0 Å². The Morgan fingerprint density at radius 2 is 1.88 bits per heavy atom. The lowest BCUT2D eigenvalue weighted by molar-refractivity contribution is 0.192. The van der Waals surface area contributed by atoms with Crippen molar-refractivity contribution in [1.82, 2.24) is 0 Å². The quantitative estimate of drug-likeness (QED) is 0.772. The molecule has 2 aromatic carbocycles. The van der Waals surface area contributed by atoms with E-state index in [9.17, 15) is 4.39 Å². The number of hydrogen-bond acceptors (Lipinski definition) is 1. The van der Waals surface area contributed by atoms with E-state index in [2.05, 4.69) is 0 Å². The van der Waals surface area contributed by atoms with E-state index in [0.29, 0.717) is 10.8 Å². The third kappa shape index (κ3) is 2.34. The Kier molecular flexibility index (Phi) is 3.42. The summed E-state index contributed by atoms with van der Waals surface area (Å²) in [6, 6.07) is 14.7. The summed E-state index contributed by atoms with van der Waals surface area (Å²) in [7, 11) is 0. The Bertz CT molecular complexity index is 485. The van der Waals surface area contributed by atoms with Crippen molar-refractivity contribution in [3.8, 4) is 16.9 Å². The van der Waals surface area contributed by atoms with Gasteiger partial charge in [0, 0.05) is 10.6 Å². The molecule has 0 fully saturated rings. The smallest absolute Gasteiger partial charge is 0.228 e. The van der Waals surface area contributed by atoms with Crippen LogP contribution in [0.25, 0.3) is 11.1 Å². The Morgan fingerprint density at radius 3 is 2.62 bits per heavy atom. The van der Waals surface area contributed by atoms with Gasteiger partial charge in [-0.25, -0.2) is 4.39 Å². The normalized spacial score (nSPS) is 10.1. The van der Waals surface area contributed by atoms with Gasteiger partial charge >= 0.3 is 0 Å². The first-order chi connectivity index (χ1) is 7.81. The van der Waals surface area contributed by atoms with E-state index in [0.717, 1.165) is 11.1 Å². The minimum atomic E-state index is -0.836. The van der Waals surface area contributed by atoms with Gasteiger partial charge in [-0.15, -0.1) is 0 Å². The molecule has 0 radical (unpaired) electrons. The first-order valence-corrected chi connectivity index (χ1v) is 5.23. The molecule has 16 heavy (non-hydrogen) atoms. The summed E-state index contributed by atoms with van der Waals surface area (Å²) in [6.45, 7) is -0.836. The van der Waals surface area contributed by atoms with Crippen molar-refractivity contribution in [1.29, 1.82) is 0 Å². The molecule has 3 heteroatoms. The summed E-state index contributed by atoms with van der Waals surface area (Å²) < 4.78 is 17.1. The molecule has 0 aliphatic rings. The molecule has 0 bridgehead atoms. The van der Waals surface area contributed by atoms with Crippen LogP contribution < -0.4 is 4.74 Å². The molecule has 0 saturated carbocycles. The lowest BCUT2D eigenvalue weighted by atomic mass is 10.1. The van der Waals surface area contributed by atoms with Crippen LogP contribution in [0.2, 0.25) is 5.02 Å². The van der Waals surface area contributed by atoms with Gasteiger partial charge < -0.3 is 4.74 Å². The summed E-state index contributed by atoms with van der Waals surface area (Å²) in [6.07, 6.45) is 0. The fourth-order valence-electron chi connectivity index (χ4n) is 1.55. The highest BCUT2D eigenvalue weighted by molar-refractivity contribution is 6.30. The zero-order valence-electron chi connectivity index (χ0n) is 8.49. The first kappa shape index (κ1) is 11.0. The molecule has 0 saturated heterocycles. The Labute approximate surface area is 98.4 Å². The molecule has 82 valence electrons. The van der Waals surface area contributed by atoms with Crippen LogP contribution >= 0.6 is 11.6 Å². The molecule has 0 aliphatic heterocycles. The second-order valence-corrected chi connectivity index (χ2v) is 3.70. The first-order valence-electron chi connectivity index (χ1n) is 4.85. The van der Waals surface area contributed by atoms with Crippen LogP contribution in [0.1, 0.15) is 0 Å². The van der Waals surface area contributed by atoms with E-state index >= 15 is 0 Å². The van der Waals surface area contributed by atoms with Crippen LogP contribution in [0.3, 0.4) is 0 Å². The lowest BCUT2D eigenvalue weighted by Gasteiger charge is -2.08. The molecule has 0 amide bonds. The van der Waals surface area contributed by atoms with E-state index in [4.69, 9.17) is 16.3 Å². The highest BCUT2D eigenvalue weighted by Gasteiger charge is 2.05. The van der Waals surface area contributed by atoms with Gasteiger partial charge in [-0.05, 0) is 23.8 Å². The van der Waals surface area contributed by atoms with Gasteiger partial charge in [-0.1, -0.05) is 41.9 Å². The summed E-state index contributed by atoms with van der Waals surface area (Å²) in [5.41, 5.74) is 1.75. The second-order valence-electron chi connectivity index (χ2n) is 3.26. The number of halogens is 2. The summed E-state index contributed by atoms with van der Waals surface area (Å²) in [5, 5.41) is 0.646. The molecule has 0 aromatic heterocycles. The van der Waals surface area contributed by atoms with Gasteiger partial charge in [0.25, 0.3) is 0 Å². The van der Waals surface area contributed by atoms with Gasteiger partial charge in [0.1, 0.15) is 5.75 Å². The fourth-order valence-corrected chi connectivity index (χ4v) is 1.74. The zero-order valence-corrected chi connectivity index (χ0v) is 9.25. The number of para-hydroxylation sites is 1. The minimum absolute atomic E-state index is 0.521. The van der Waals surface area contributed by atoms with Crippen molar-refractivity contribution in [2.24, 2.45) is 0 Å². The molecule has 2 rings (SSSR count). The van der Waals surface area contributed by atoms with Crippen LogP contribution in [0.15, 0.2) is 48.5 Å². The van der Waals surface area contributed by atoms with Crippen LogP contribution in [-0.4, -0.2) is 6.86 Å². The molecule has 0 unspecified atom stereocenters. The maximum Gasteiger partial charge on any atom is 0.228 e. The number of ether oxygens (including phenoxy) is 1. The molecule has 0 atom stereocenters. The van der Waals surface area contributed by atoms with E-state index in [1.807, 2.05) is 30.3 Å². The third-order valence-corrected chi connectivity index (χ3v) is 2.47. The molecular formula is C13H10ClFO. The highest BCUT2D eigenvalue weighted by atomic mass is 35.5. The Balaban J connectivity index is 2.46.